The number of nitrogens with two attached hydrogens (primary N) is 1. The molecule has 160 valence electrons. The molecule has 0 amide bonds. The summed E-state index contributed by atoms with van der Waals surface area (Å²) in [6.07, 6.45) is 3.11. The zero-order valence-corrected chi connectivity index (χ0v) is 17.4. The average Bonchev–Trinajstić information content (AvgIpc) is 2.85. The normalized spacial score (nSPS) is 10.4. The number of hydrogen-bond donors (Lipinski definition) is 1. The van der Waals surface area contributed by atoms with E-state index in [1.165, 1.54) is 13.4 Å². The monoisotopic (exact) mass is 427 g/mol. The summed E-state index contributed by atoms with van der Waals surface area (Å²) in [7, 11) is 1.33. The molecule has 0 atom stereocenters. The predicted molar refractivity (Wildman–Crippen MR) is 121 cm³/mol. The SMILES string of the molecule is COC(=O)c1ccc(Oc2ncnc(N(Cc3ccccc3)c3ccccn3)c2N)cc1. The third-order valence-corrected chi connectivity index (χ3v) is 4.68. The van der Waals surface area contributed by atoms with Gasteiger partial charge in [-0.15, -0.1) is 0 Å². The van der Waals surface area contributed by atoms with Crippen molar-refractivity contribution in [1.82, 2.24) is 15.0 Å². The second kappa shape index (κ2) is 9.57. The average molecular weight is 427 g/mol. The summed E-state index contributed by atoms with van der Waals surface area (Å²) < 4.78 is 10.6. The molecule has 4 rings (SSSR count). The van der Waals surface area contributed by atoms with Gasteiger partial charge in [0.2, 0.25) is 5.88 Å². The summed E-state index contributed by atoms with van der Waals surface area (Å²) in [5, 5.41) is 0. The van der Waals surface area contributed by atoms with E-state index in [4.69, 9.17) is 15.2 Å². The van der Waals surface area contributed by atoms with E-state index in [0.29, 0.717) is 29.5 Å². The van der Waals surface area contributed by atoms with Crippen LogP contribution in [0.15, 0.2) is 85.3 Å². The van der Waals surface area contributed by atoms with Gasteiger partial charge < -0.3 is 20.1 Å². The highest BCUT2D eigenvalue weighted by molar-refractivity contribution is 5.89. The van der Waals surface area contributed by atoms with Crippen LogP contribution in [0.4, 0.5) is 17.3 Å². The largest absolute Gasteiger partial charge is 0.465 e. The summed E-state index contributed by atoms with van der Waals surface area (Å²) in [6.45, 7) is 0.506. The molecule has 0 unspecified atom stereocenters. The van der Waals surface area contributed by atoms with Gasteiger partial charge in [0.15, 0.2) is 5.82 Å². The minimum Gasteiger partial charge on any atom is -0.465 e. The maximum atomic E-state index is 11.6. The first-order valence-corrected chi connectivity index (χ1v) is 9.85. The van der Waals surface area contributed by atoms with Crippen LogP contribution in [-0.4, -0.2) is 28.0 Å². The molecule has 2 aromatic heterocycles. The third-order valence-electron chi connectivity index (χ3n) is 4.68. The number of methoxy groups -OCH3 is 1. The third kappa shape index (κ3) is 4.65. The van der Waals surface area contributed by atoms with Gasteiger partial charge in [0.1, 0.15) is 23.6 Å². The molecule has 0 aliphatic rings. The van der Waals surface area contributed by atoms with Gasteiger partial charge in [-0.05, 0) is 42.0 Å². The van der Waals surface area contributed by atoms with Gasteiger partial charge in [-0.1, -0.05) is 36.4 Å². The van der Waals surface area contributed by atoms with E-state index < -0.39 is 5.97 Å². The van der Waals surface area contributed by atoms with Crippen LogP contribution >= 0.6 is 0 Å². The zero-order valence-electron chi connectivity index (χ0n) is 17.4. The highest BCUT2D eigenvalue weighted by Gasteiger charge is 2.19. The molecule has 4 aromatic rings. The number of nitrogens with zero attached hydrogens (tertiary/aromatic N) is 4. The number of esters is 1. The molecule has 2 N–H and O–H groups in total. The van der Waals surface area contributed by atoms with Crippen molar-refractivity contribution in [1.29, 1.82) is 0 Å². The van der Waals surface area contributed by atoms with Crippen LogP contribution in [0.2, 0.25) is 0 Å². The van der Waals surface area contributed by atoms with E-state index >= 15 is 0 Å². The summed E-state index contributed by atoms with van der Waals surface area (Å²) in [5.41, 5.74) is 8.18. The van der Waals surface area contributed by atoms with Crippen molar-refractivity contribution in [2.45, 2.75) is 6.54 Å². The molecule has 2 heterocycles. The topological polar surface area (TPSA) is 103 Å². The number of hydrogen-bond acceptors (Lipinski definition) is 8. The fourth-order valence-corrected chi connectivity index (χ4v) is 3.10. The maximum Gasteiger partial charge on any atom is 0.337 e. The van der Waals surface area contributed by atoms with Crippen molar-refractivity contribution >= 4 is 23.3 Å². The lowest BCUT2D eigenvalue weighted by atomic mass is 10.2. The molecule has 0 aliphatic heterocycles. The molecule has 0 saturated carbocycles. The van der Waals surface area contributed by atoms with Crippen molar-refractivity contribution in [3.63, 3.8) is 0 Å². The molecule has 0 bridgehead atoms. The van der Waals surface area contributed by atoms with Gasteiger partial charge in [-0.3, -0.25) is 0 Å². The molecular formula is C24H21N5O3. The number of aromatic nitrogens is 3. The van der Waals surface area contributed by atoms with Gasteiger partial charge in [0.25, 0.3) is 0 Å². The Morgan fingerprint density at radius 1 is 0.938 bits per heavy atom. The highest BCUT2D eigenvalue weighted by atomic mass is 16.5. The van der Waals surface area contributed by atoms with Crippen LogP contribution in [0, 0.1) is 0 Å². The molecule has 0 saturated heterocycles. The van der Waals surface area contributed by atoms with Gasteiger partial charge in [0.05, 0.1) is 19.2 Å². The highest BCUT2D eigenvalue weighted by Crippen LogP contribution is 2.35. The van der Waals surface area contributed by atoms with Crippen LogP contribution in [0.1, 0.15) is 15.9 Å². The first-order valence-electron chi connectivity index (χ1n) is 9.85. The number of rotatable bonds is 7. The van der Waals surface area contributed by atoms with Crippen molar-refractivity contribution < 1.29 is 14.3 Å². The Morgan fingerprint density at radius 3 is 2.38 bits per heavy atom. The Balaban J connectivity index is 1.66. The smallest absolute Gasteiger partial charge is 0.337 e. The summed E-state index contributed by atoms with van der Waals surface area (Å²) in [6, 6.07) is 22.1. The number of anilines is 3. The number of ether oxygens (including phenoxy) is 2. The van der Waals surface area contributed by atoms with Crippen molar-refractivity contribution in [3.05, 3.63) is 96.4 Å². The van der Waals surface area contributed by atoms with Crippen LogP contribution in [0.3, 0.4) is 0 Å². The van der Waals surface area contributed by atoms with Crippen molar-refractivity contribution in [2.24, 2.45) is 0 Å². The second-order valence-corrected chi connectivity index (χ2v) is 6.79. The number of benzene rings is 2. The van der Waals surface area contributed by atoms with Gasteiger partial charge >= 0.3 is 5.97 Å². The van der Waals surface area contributed by atoms with E-state index in [1.807, 2.05) is 53.4 Å². The quantitative estimate of drug-likeness (QED) is 0.434. The molecule has 8 nitrogen and oxygen atoms in total. The van der Waals surface area contributed by atoms with E-state index in [9.17, 15) is 4.79 Å². The van der Waals surface area contributed by atoms with E-state index in [-0.39, 0.29) is 11.6 Å². The fourth-order valence-electron chi connectivity index (χ4n) is 3.10. The van der Waals surface area contributed by atoms with Crippen LogP contribution in [-0.2, 0) is 11.3 Å². The molecule has 0 spiro atoms. The summed E-state index contributed by atoms with van der Waals surface area (Å²) >= 11 is 0. The zero-order chi connectivity index (χ0) is 22.3. The molecular weight excluding hydrogens is 406 g/mol. The lowest BCUT2D eigenvalue weighted by Gasteiger charge is -2.24. The van der Waals surface area contributed by atoms with E-state index in [1.54, 1.807) is 30.5 Å². The molecule has 0 fully saturated rings. The predicted octanol–water partition coefficient (Wildman–Crippen LogP) is 4.37. The molecule has 8 heteroatoms. The Kier molecular flexibility index (Phi) is 6.22. The Bertz CT molecular complexity index is 1190. The fraction of sp³-hybridized carbons (Fsp3) is 0.0833. The molecule has 32 heavy (non-hydrogen) atoms. The Hall–Kier alpha value is -4.46. The lowest BCUT2D eigenvalue weighted by Crippen LogP contribution is -2.20. The standard InChI is InChI=1S/C24H21N5O3/c1-31-24(30)18-10-12-19(13-11-18)32-23-21(25)22(27-16-28-23)29(20-9-5-6-14-26-20)15-17-7-3-2-4-8-17/h2-14,16H,15,25H2,1H3. The number of carbonyl (C=O) groups is 1. The lowest BCUT2D eigenvalue weighted by molar-refractivity contribution is 0.0600. The second-order valence-electron chi connectivity index (χ2n) is 6.79. The molecule has 0 aliphatic carbocycles. The first-order chi connectivity index (χ1) is 15.7. The first kappa shape index (κ1) is 20.8. The van der Waals surface area contributed by atoms with Crippen molar-refractivity contribution in [3.8, 4) is 11.6 Å². The Labute approximate surface area is 185 Å². The summed E-state index contributed by atoms with van der Waals surface area (Å²) in [5.74, 6) is 1.42. The van der Waals surface area contributed by atoms with Crippen LogP contribution < -0.4 is 15.4 Å². The van der Waals surface area contributed by atoms with Gasteiger partial charge in [-0.25, -0.2) is 14.8 Å². The van der Waals surface area contributed by atoms with E-state index in [2.05, 4.69) is 15.0 Å². The minimum absolute atomic E-state index is 0.204. The minimum atomic E-state index is -0.424. The van der Waals surface area contributed by atoms with E-state index in [0.717, 1.165) is 5.56 Å². The van der Waals surface area contributed by atoms with Crippen molar-refractivity contribution in [2.75, 3.05) is 17.7 Å². The van der Waals surface area contributed by atoms with Crippen LogP contribution in [0.5, 0.6) is 11.6 Å². The van der Waals surface area contributed by atoms with Crippen LogP contribution in [0.25, 0.3) is 0 Å². The molecule has 2 aromatic carbocycles. The molecule has 0 radical (unpaired) electrons. The number of carbonyl (C=O) groups excluding carboxylic acids is 1. The maximum absolute atomic E-state index is 11.6. The van der Waals surface area contributed by atoms with Gasteiger partial charge in [-0.2, -0.15) is 4.98 Å². The Morgan fingerprint density at radius 2 is 1.69 bits per heavy atom. The summed E-state index contributed by atoms with van der Waals surface area (Å²) in [4.78, 5) is 26.6. The number of nitrogen functional groups attached to an aromatic ring is 1. The van der Waals surface area contributed by atoms with Gasteiger partial charge in [0, 0.05) is 6.20 Å². The number of pyridine rings is 1.